The summed E-state index contributed by atoms with van der Waals surface area (Å²) in [6, 6.07) is 9.21. The van der Waals surface area contributed by atoms with Crippen LogP contribution in [0.4, 0.5) is 11.4 Å². The third-order valence-electron chi connectivity index (χ3n) is 5.07. The van der Waals surface area contributed by atoms with Crippen molar-refractivity contribution in [2.75, 3.05) is 41.8 Å². The van der Waals surface area contributed by atoms with E-state index < -0.39 is 26.1 Å². The van der Waals surface area contributed by atoms with Crippen molar-refractivity contribution in [2.45, 2.75) is 39.7 Å². The van der Waals surface area contributed by atoms with Crippen LogP contribution < -0.4 is 30.0 Å². The maximum atomic E-state index is 12.5. The number of anilines is 2. The molecule has 0 radical (unpaired) electrons. The highest BCUT2D eigenvalue weighted by Gasteiger charge is 2.23. The summed E-state index contributed by atoms with van der Waals surface area (Å²) < 4.78 is 66.1. The zero-order chi connectivity index (χ0) is 27.6. The molecule has 13 heteroatoms. The van der Waals surface area contributed by atoms with Gasteiger partial charge in [0.15, 0.2) is 11.5 Å². The zero-order valence-corrected chi connectivity index (χ0v) is 23.3. The normalized spacial score (nSPS) is 12.5. The fourth-order valence-corrected chi connectivity index (χ4v) is 5.16. The standard InChI is InChI=1S/C24H37N5O6S2/c1-5-12-35-23-15-20(29-36(4,30)31)19(14-22(23)34-7-3)21(16-27-37(32,33)13-6-2)28-18-10-8-17(9-11-18)24(25)26/h8-11,14-15,21,27-29H,5-7,12-13,16H2,1-4H3,(H3,25,26). The molecule has 0 fully saturated rings. The van der Waals surface area contributed by atoms with Gasteiger partial charge in [0.25, 0.3) is 0 Å². The van der Waals surface area contributed by atoms with E-state index >= 15 is 0 Å². The zero-order valence-electron chi connectivity index (χ0n) is 21.6. The third kappa shape index (κ3) is 9.74. The Kier molecular flexibility index (Phi) is 11.0. The van der Waals surface area contributed by atoms with Gasteiger partial charge in [-0.3, -0.25) is 10.1 Å². The van der Waals surface area contributed by atoms with Crippen LogP contribution in [-0.4, -0.2) is 54.4 Å². The largest absolute Gasteiger partial charge is 0.490 e. The summed E-state index contributed by atoms with van der Waals surface area (Å²) in [6.07, 6.45) is 2.22. The molecule has 1 unspecified atom stereocenters. The van der Waals surface area contributed by atoms with Crippen molar-refractivity contribution in [3.63, 3.8) is 0 Å². The molecule has 0 spiro atoms. The number of benzene rings is 2. The van der Waals surface area contributed by atoms with Crippen molar-refractivity contribution >= 4 is 37.3 Å². The first kappa shape index (κ1) is 30.2. The van der Waals surface area contributed by atoms with E-state index in [4.69, 9.17) is 20.6 Å². The van der Waals surface area contributed by atoms with Crippen LogP contribution in [0.3, 0.4) is 0 Å². The van der Waals surface area contributed by atoms with Crippen molar-refractivity contribution in [3.8, 4) is 11.5 Å². The van der Waals surface area contributed by atoms with Gasteiger partial charge in [-0.1, -0.05) is 13.8 Å². The van der Waals surface area contributed by atoms with Crippen molar-refractivity contribution < 1.29 is 26.3 Å². The van der Waals surface area contributed by atoms with Crippen molar-refractivity contribution in [2.24, 2.45) is 5.73 Å². The summed E-state index contributed by atoms with van der Waals surface area (Å²) in [7, 11) is -7.25. The molecule has 0 saturated carbocycles. The molecular formula is C24H37N5O6S2. The summed E-state index contributed by atoms with van der Waals surface area (Å²) in [4.78, 5) is 0. The molecule has 0 bridgehead atoms. The molecule has 2 rings (SSSR count). The SMILES string of the molecule is CCCOc1cc(NS(C)(=O)=O)c(C(CNS(=O)(=O)CCC)Nc2ccc(C(=N)N)cc2)cc1OCC. The molecule has 0 aliphatic heterocycles. The molecule has 206 valence electrons. The Morgan fingerprint density at radius 1 is 1.00 bits per heavy atom. The molecule has 37 heavy (non-hydrogen) atoms. The van der Waals surface area contributed by atoms with Crippen LogP contribution >= 0.6 is 0 Å². The summed E-state index contributed by atoms with van der Waals surface area (Å²) in [6.45, 7) is 6.20. The van der Waals surface area contributed by atoms with Gasteiger partial charge in [-0.2, -0.15) is 0 Å². The number of nitrogens with two attached hydrogens (primary N) is 1. The van der Waals surface area contributed by atoms with Crippen LogP contribution in [0.15, 0.2) is 36.4 Å². The predicted octanol–water partition coefficient (Wildman–Crippen LogP) is 3.01. The number of ether oxygens (including phenoxy) is 2. The molecule has 1 atom stereocenters. The minimum atomic E-state index is -3.69. The van der Waals surface area contributed by atoms with Crippen LogP contribution in [0.2, 0.25) is 0 Å². The van der Waals surface area contributed by atoms with Gasteiger partial charge in [0.1, 0.15) is 5.84 Å². The molecular weight excluding hydrogens is 518 g/mol. The van der Waals surface area contributed by atoms with Crippen LogP contribution in [0.1, 0.15) is 50.8 Å². The van der Waals surface area contributed by atoms with Crippen molar-refractivity contribution in [1.82, 2.24) is 4.72 Å². The highest BCUT2D eigenvalue weighted by molar-refractivity contribution is 7.92. The number of amidine groups is 1. The molecule has 0 aliphatic rings. The lowest BCUT2D eigenvalue weighted by Gasteiger charge is -2.25. The Morgan fingerprint density at radius 2 is 1.65 bits per heavy atom. The van der Waals surface area contributed by atoms with E-state index in [9.17, 15) is 16.8 Å². The van der Waals surface area contributed by atoms with E-state index in [2.05, 4.69) is 14.8 Å². The maximum Gasteiger partial charge on any atom is 0.229 e. The Morgan fingerprint density at radius 3 is 2.19 bits per heavy atom. The summed E-state index contributed by atoms with van der Waals surface area (Å²) in [5.41, 5.74) is 7.37. The summed E-state index contributed by atoms with van der Waals surface area (Å²) in [5.74, 6) is 0.643. The quantitative estimate of drug-likeness (QED) is 0.155. The highest BCUT2D eigenvalue weighted by atomic mass is 32.2. The van der Waals surface area contributed by atoms with Crippen molar-refractivity contribution in [3.05, 3.63) is 47.5 Å². The monoisotopic (exact) mass is 555 g/mol. The van der Waals surface area contributed by atoms with Crippen LogP contribution in [0.25, 0.3) is 0 Å². The number of rotatable bonds is 16. The van der Waals surface area contributed by atoms with Gasteiger partial charge >= 0.3 is 0 Å². The molecule has 2 aromatic carbocycles. The van der Waals surface area contributed by atoms with Gasteiger partial charge < -0.3 is 20.5 Å². The van der Waals surface area contributed by atoms with E-state index in [1.165, 1.54) is 0 Å². The molecule has 0 saturated heterocycles. The minimum Gasteiger partial charge on any atom is -0.490 e. The van der Waals surface area contributed by atoms with E-state index in [1.807, 2.05) is 13.8 Å². The van der Waals surface area contributed by atoms with Gasteiger partial charge in [0.2, 0.25) is 20.0 Å². The number of nitrogens with one attached hydrogen (secondary N) is 4. The number of sulfonamides is 2. The molecule has 0 heterocycles. The van der Waals surface area contributed by atoms with Gasteiger partial charge in [-0.15, -0.1) is 0 Å². The van der Waals surface area contributed by atoms with E-state index in [0.717, 1.165) is 12.7 Å². The fraction of sp³-hybridized carbons (Fsp3) is 0.458. The van der Waals surface area contributed by atoms with Gasteiger partial charge in [-0.25, -0.2) is 21.6 Å². The molecule has 6 N–H and O–H groups in total. The van der Waals surface area contributed by atoms with Crippen LogP contribution in [0.5, 0.6) is 11.5 Å². The number of nitrogen functional groups attached to an aromatic ring is 1. The number of hydrogen-bond donors (Lipinski definition) is 5. The van der Waals surface area contributed by atoms with E-state index in [-0.39, 0.29) is 23.8 Å². The summed E-state index contributed by atoms with van der Waals surface area (Å²) >= 11 is 0. The van der Waals surface area contributed by atoms with Crippen LogP contribution in [-0.2, 0) is 20.0 Å². The highest BCUT2D eigenvalue weighted by Crippen LogP contribution is 2.38. The Hall–Kier alpha value is -3.03. The molecule has 0 amide bonds. The second kappa shape index (κ2) is 13.5. The second-order valence-electron chi connectivity index (χ2n) is 8.40. The topological polar surface area (TPSA) is 173 Å². The maximum absolute atomic E-state index is 12.5. The van der Waals surface area contributed by atoms with E-state index in [1.54, 1.807) is 43.3 Å². The lowest BCUT2D eigenvalue weighted by atomic mass is 10.0. The minimum absolute atomic E-state index is 0.0462. The first-order chi connectivity index (χ1) is 17.4. The van der Waals surface area contributed by atoms with Gasteiger partial charge in [0.05, 0.1) is 37.0 Å². The van der Waals surface area contributed by atoms with Gasteiger partial charge in [0, 0.05) is 29.4 Å². The lowest BCUT2D eigenvalue weighted by Crippen LogP contribution is -2.33. The predicted molar refractivity (Wildman–Crippen MR) is 148 cm³/mol. The first-order valence-electron chi connectivity index (χ1n) is 12.0. The average Bonchev–Trinajstić information content (AvgIpc) is 2.81. The molecule has 11 nitrogen and oxygen atoms in total. The first-order valence-corrected chi connectivity index (χ1v) is 15.5. The second-order valence-corrected chi connectivity index (χ2v) is 12.1. The molecule has 2 aromatic rings. The smallest absolute Gasteiger partial charge is 0.229 e. The number of hydrogen-bond acceptors (Lipinski definition) is 8. The third-order valence-corrected chi connectivity index (χ3v) is 7.21. The molecule has 0 aromatic heterocycles. The molecule has 0 aliphatic carbocycles. The Bertz CT molecular complexity index is 1270. The Balaban J connectivity index is 2.62. The van der Waals surface area contributed by atoms with Crippen LogP contribution in [0, 0.1) is 5.41 Å². The Labute approximate surface area is 219 Å². The van der Waals surface area contributed by atoms with Crippen molar-refractivity contribution in [1.29, 1.82) is 5.41 Å². The average molecular weight is 556 g/mol. The lowest BCUT2D eigenvalue weighted by molar-refractivity contribution is 0.277. The fourth-order valence-electron chi connectivity index (χ4n) is 3.48. The van der Waals surface area contributed by atoms with Gasteiger partial charge in [-0.05, 0) is 50.1 Å². The summed E-state index contributed by atoms with van der Waals surface area (Å²) in [5, 5.41) is 10.9. The van der Waals surface area contributed by atoms with E-state index in [0.29, 0.717) is 47.9 Å².